The number of thiol groups is 1. The van der Waals surface area contributed by atoms with Crippen LogP contribution in [0, 0.1) is 35.5 Å². The van der Waals surface area contributed by atoms with Gasteiger partial charge in [-0.2, -0.15) is 12.6 Å². The largest absolute Gasteiger partial charge is 0.172 e. The minimum absolute atomic E-state index is 0.395. The summed E-state index contributed by atoms with van der Waals surface area (Å²) >= 11 is 4.88. The van der Waals surface area contributed by atoms with Gasteiger partial charge in [0.25, 0.3) is 0 Å². The molecular weight excluding hydrogens is 440 g/mol. The van der Waals surface area contributed by atoms with Gasteiger partial charge in [0.15, 0.2) is 0 Å². The predicted octanol–water partition coefficient (Wildman–Crippen LogP) is 11.4. The molecule has 1 aliphatic rings. The first kappa shape index (κ1) is 32.3. The third-order valence-corrected chi connectivity index (χ3v) is 8.81. The van der Waals surface area contributed by atoms with E-state index in [9.17, 15) is 0 Å². The van der Waals surface area contributed by atoms with Crippen LogP contribution >= 0.6 is 12.6 Å². The molecule has 0 heterocycles. The van der Waals surface area contributed by atoms with E-state index in [1.807, 2.05) is 0 Å². The molecule has 0 amide bonds. The van der Waals surface area contributed by atoms with E-state index in [0.29, 0.717) is 23.0 Å². The molecule has 0 saturated carbocycles. The number of hydrogen-bond acceptors (Lipinski definition) is 1. The van der Waals surface area contributed by atoms with Crippen LogP contribution in [0.3, 0.4) is 0 Å². The molecule has 0 aromatic rings. The maximum Gasteiger partial charge on any atom is 0.0197 e. The molecule has 0 saturated heterocycles. The van der Waals surface area contributed by atoms with Crippen LogP contribution in [0.15, 0.2) is 49.1 Å². The van der Waals surface area contributed by atoms with Crippen molar-refractivity contribution in [3.05, 3.63) is 49.1 Å². The van der Waals surface area contributed by atoms with Crippen molar-refractivity contribution in [1.29, 1.82) is 0 Å². The standard InChI is InChI=1S/C34H60S/c1-7-16-30(24-23-29(9-3)10-4)25-27-33(35)21-15-12-18-28(6)22-26-32-20-14-13-19-31(17-8-2)34(32)11-5/h11,14,20,23-25,27-35H,5,7-10,12-13,15-19,21-22,26H2,1-4,6H3. The lowest BCUT2D eigenvalue weighted by Gasteiger charge is -2.29. The van der Waals surface area contributed by atoms with Gasteiger partial charge in [-0.3, -0.25) is 0 Å². The van der Waals surface area contributed by atoms with Crippen LogP contribution in [0.5, 0.6) is 0 Å². The molecule has 6 atom stereocenters. The fourth-order valence-corrected chi connectivity index (χ4v) is 6.18. The second-order valence-corrected chi connectivity index (χ2v) is 12.0. The van der Waals surface area contributed by atoms with E-state index in [2.05, 4.69) is 83.7 Å². The van der Waals surface area contributed by atoms with E-state index < -0.39 is 0 Å². The van der Waals surface area contributed by atoms with Crippen molar-refractivity contribution in [2.45, 2.75) is 130 Å². The highest BCUT2D eigenvalue weighted by atomic mass is 32.1. The highest BCUT2D eigenvalue weighted by molar-refractivity contribution is 7.81. The second-order valence-electron chi connectivity index (χ2n) is 11.4. The molecule has 202 valence electrons. The molecule has 0 aromatic carbocycles. The fraction of sp³-hybridized carbons (Fsp3) is 0.765. The summed E-state index contributed by atoms with van der Waals surface area (Å²) < 4.78 is 0. The van der Waals surface area contributed by atoms with Crippen LogP contribution in [-0.4, -0.2) is 5.25 Å². The minimum Gasteiger partial charge on any atom is -0.172 e. The van der Waals surface area contributed by atoms with Crippen LogP contribution in [0.1, 0.15) is 125 Å². The molecule has 1 rings (SSSR count). The van der Waals surface area contributed by atoms with Crippen LogP contribution < -0.4 is 0 Å². The zero-order chi connectivity index (χ0) is 25.9. The molecule has 0 bridgehead atoms. The Labute approximate surface area is 226 Å². The normalized spacial score (nSPS) is 23.7. The average Bonchev–Trinajstić information content (AvgIpc) is 3.06. The summed E-state index contributed by atoms with van der Waals surface area (Å²) in [6, 6.07) is 0. The molecule has 0 spiro atoms. The van der Waals surface area contributed by atoms with Gasteiger partial charge in [0, 0.05) is 5.25 Å². The third-order valence-electron chi connectivity index (χ3n) is 8.38. The highest BCUT2D eigenvalue weighted by Gasteiger charge is 2.26. The molecule has 0 nitrogen and oxygen atoms in total. The van der Waals surface area contributed by atoms with Gasteiger partial charge in [-0.25, -0.2) is 0 Å². The Morgan fingerprint density at radius 1 is 0.886 bits per heavy atom. The Morgan fingerprint density at radius 2 is 1.60 bits per heavy atom. The molecule has 0 fully saturated rings. The number of rotatable bonds is 19. The average molecular weight is 501 g/mol. The van der Waals surface area contributed by atoms with Crippen LogP contribution in [-0.2, 0) is 0 Å². The van der Waals surface area contributed by atoms with Crippen molar-refractivity contribution >= 4 is 12.6 Å². The van der Waals surface area contributed by atoms with E-state index >= 15 is 0 Å². The van der Waals surface area contributed by atoms with Gasteiger partial charge in [-0.15, -0.1) is 6.58 Å². The zero-order valence-electron chi connectivity index (χ0n) is 24.1. The summed E-state index contributed by atoms with van der Waals surface area (Å²) in [4.78, 5) is 0. The highest BCUT2D eigenvalue weighted by Crippen LogP contribution is 2.37. The second kappa shape index (κ2) is 20.4. The first-order valence-electron chi connectivity index (χ1n) is 15.3. The number of allylic oxidation sites excluding steroid dienone is 6. The van der Waals surface area contributed by atoms with Crippen molar-refractivity contribution in [2.24, 2.45) is 35.5 Å². The molecular formula is C34H60S. The lowest BCUT2D eigenvalue weighted by Crippen LogP contribution is -2.20. The summed E-state index contributed by atoms with van der Waals surface area (Å²) in [5, 5.41) is 0.395. The Bertz CT molecular complexity index is 596. The molecule has 0 aromatic heterocycles. The molecule has 1 aliphatic carbocycles. The Balaban J connectivity index is 2.37. The van der Waals surface area contributed by atoms with Crippen molar-refractivity contribution in [3.63, 3.8) is 0 Å². The van der Waals surface area contributed by atoms with Gasteiger partial charge in [0.2, 0.25) is 0 Å². The van der Waals surface area contributed by atoms with Crippen molar-refractivity contribution in [1.82, 2.24) is 0 Å². The Hall–Kier alpha value is -0.690. The third kappa shape index (κ3) is 14.0. The molecule has 1 heteroatoms. The topological polar surface area (TPSA) is 0 Å². The fourth-order valence-electron chi connectivity index (χ4n) is 5.90. The smallest absolute Gasteiger partial charge is 0.0197 e. The maximum atomic E-state index is 4.88. The summed E-state index contributed by atoms with van der Waals surface area (Å²) in [5.74, 6) is 4.34. The molecule has 6 unspecified atom stereocenters. The Kier molecular flexibility index (Phi) is 18.8. The number of hydrogen-bond donors (Lipinski definition) is 1. The van der Waals surface area contributed by atoms with E-state index in [-0.39, 0.29) is 0 Å². The molecule has 35 heavy (non-hydrogen) atoms. The lowest BCUT2D eigenvalue weighted by molar-refractivity contribution is 0.270. The van der Waals surface area contributed by atoms with Gasteiger partial charge >= 0.3 is 0 Å². The minimum atomic E-state index is 0.395. The maximum absolute atomic E-state index is 4.88. The first-order chi connectivity index (χ1) is 17.0. The molecule has 0 N–H and O–H groups in total. The van der Waals surface area contributed by atoms with E-state index in [4.69, 9.17) is 12.6 Å². The lowest BCUT2D eigenvalue weighted by atomic mass is 9.76. The van der Waals surface area contributed by atoms with Gasteiger partial charge in [0.1, 0.15) is 0 Å². The van der Waals surface area contributed by atoms with Gasteiger partial charge in [-0.05, 0) is 80.5 Å². The van der Waals surface area contributed by atoms with Crippen LogP contribution in [0.2, 0.25) is 0 Å². The van der Waals surface area contributed by atoms with Crippen LogP contribution in [0.25, 0.3) is 0 Å². The zero-order valence-corrected chi connectivity index (χ0v) is 25.0. The molecule has 0 radical (unpaired) electrons. The van der Waals surface area contributed by atoms with Crippen molar-refractivity contribution in [2.75, 3.05) is 0 Å². The summed E-state index contributed by atoms with van der Waals surface area (Å²) in [6.45, 7) is 15.9. The van der Waals surface area contributed by atoms with Gasteiger partial charge in [-0.1, -0.05) is 122 Å². The van der Waals surface area contributed by atoms with Crippen LogP contribution in [0.4, 0.5) is 0 Å². The molecule has 0 aliphatic heterocycles. The summed E-state index contributed by atoms with van der Waals surface area (Å²) in [6.07, 6.45) is 35.0. The SMILES string of the molecule is C=CC1C(CCC(C)CCCCC(S)C=CC(C=CC(CC)CC)CCC)C=CCCC1CCC. The van der Waals surface area contributed by atoms with E-state index in [0.717, 1.165) is 17.8 Å². The monoisotopic (exact) mass is 500 g/mol. The first-order valence-corrected chi connectivity index (χ1v) is 15.8. The number of unbranched alkanes of at least 4 members (excludes halogenated alkanes) is 1. The Morgan fingerprint density at radius 3 is 2.26 bits per heavy atom. The summed E-state index contributed by atoms with van der Waals surface area (Å²) in [7, 11) is 0. The summed E-state index contributed by atoms with van der Waals surface area (Å²) in [5.41, 5.74) is 0. The van der Waals surface area contributed by atoms with E-state index in [1.54, 1.807) is 0 Å². The quantitative estimate of drug-likeness (QED) is 0.102. The predicted molar refractivity (Wildman–Crippen MR) is 164 cm³/mol. The van der Waals surface area contributed by atoms with Crippen molar-refractivity contribution in [3.8, 4) is 0 Å². The van der Waals surface area contributed by atoms with Gasteiger partial charge in [0.05, 0.1) is 0 Å². The van der Waals surface area contributed by atoms with Gasteiger partial charge < -0.3 is 0 Å². The van der Waals surface area contributed by atoms with Crippen molar-refractivity contribution < 1.29 is 0 Å². The van der Waals surface area contributed by atoms with E-state index in [1.165, 1.54) is 89.9 Å².